The minimum atomic E-state index is -4.57. The Kier molecular flexibility index (Phi) is 5.23. The van der Waals surface area contributed by atoms with Gasteiger partial charge in [0.05, 0.1) is 23.0 Å². The van der Waals surface area contributed by atoms with Crippen LogP contribution in [0.25, 0.3) is 10.9 Å². The molecule has 30 heavy (non-hydrogen) atoms. The summed E-state index contributed by atoms with van der Waals surface area (Å²) in [5.74, 6) is -0.373. The first-order valence-electron chi connectivity index (χ1n) is 9.60. The molecule has 0 amide bonds. The summed E-state index contributed by atoms with van der Waals surface area (Å²) < 4.78 is 55.4. The van der Waals surface area contributed by atoms with E-state index in [9.17, 15) is 22.4 Å². The predicted molar refractivity (Wildman–Crippen MR) is 106 cm³/mol. The molecule has 1 aliphatic heterocycles. The third-order valence-corrected chi connectivity index (χ3v) is 5.29. The summed E-state index contributed by atoms with van der Waals surface area (Å²) in [6.45, 7) is 0.670. The molecule has 0 radical (unpaired) electrons. The van der Waals surface area contributed by atoms with Gasteiger partial charge in [-0.1, -0.05) is 18.2 Å². The van der Waals surface area contributed by atoms with Crippen molar-refractivity contribution in [3.8, 4) is 0 Å². The summed E-state index contributed by atoms with van der Waals surface area (Å²) in [6, 6.07) is 8.62. The number of alkyl halides is 3. The molecule has 0 unspecified atom stereocenters. The highest BCUT2D eigenvalue weighted by Gasteiger charge is 2.33. The SMILES string of the molecule is N[C@@H]1CCCN(c2nc3ccc(F)cc3c(=O)n2Cc2ccccc2C(F)(F)F)C1. The van der Waals surface area contributed by atoms with Crippen molar-refractivity contribution in [3.63, 3.8) is 0 Å². The van der Waals surface area contributed by atoms with Gasteiger partial charge in [0.25, 0.3) is 5.56 Å². The minimum absolute atomic E-state index is 0.0181. The maximum absolute atomic E-state index is 13.8. The van der Waals surface area contributed by atoms with Gasteiger partial charge in [-0.3, -0.25) is 9.36 Å². The molecule has 0 saturated carbocycles. The summed E-state index contributed by atoms with van der Waals surface area (Å²) >= 11 is 0. The maximum atomic E-state index is 13.8. The predicted octanol–water partition coefficient (Wildman–Crippen LogP) is 3.53. The van der Waals surface area contributed by atoms with Gasteiger partial charge >= 0.3 is 6.18 Å². The van der Waals surface area contributed by atoms with Crippen LogP contribution >= 0.6 is 0 Å². The van der Waals surface area contributed by atoms with Crippen LogP contribution in [0.1, 0.15) is 24.0 Å². The fourth-order valence-corrected chi connectivity index (χ4v) is 3.86. The number of anilines is 1. The Morgan fingerprint density at radius 1 is 1.17 bits per heavy atom. The molecule has 1 saturated heterocycles. The maximum Gasteiger partial charge on any atom is 0.416 e. The van der Waals surface area contributed by atoms with Gasteiger partial charge < -0.3 is 10.6 Å². The Balaban J connectivity index is 1.90. The van der Waals surface area contributed by atoms with E-state index in [2.05, 4.69) is 4.98 Å². The van der Waals surface area contributed by atoms with Crippen LogP contribution in [0.2, 0.25) is 0 Å². The molecule has 1 aliphatic rings. The fraction of sp³-hybridized carbons (Fsp3) is 0.333. The van der Waals surface area contributed by atoms with E-state index in [4.69, 9.17) is 5.73 Å². The zero-order valence-electron chi connectivity index (χ0n) is 16.0. The van der Waals surface area contributed by atoms with Gasteiger partial charge in [-0.05, 0) is 42.7 Å². The summed E-state index contributed by atoms with van der Waals surface area (Å²) in [4.78, 5) is 19.5. The lowest BCUT2D eigenvalue weighted by molar-refractivity contribution is -0.138. The van der Waals surface area contributed by atoms with Crippen LogP contribution in [0.5, 0.6) is 0 Å². The minimum Gasteiger partial charge on any atom is -0.341 e. The lowest BCUT2D eigenvalue weighted by Gasteiger charge is -2.33. The van der Waals surface area contributed by atoms with Gasteiger partial charge in [0.15, 0.2) is 0 Å². The van der Waals surface area contributed by atoms with E-state index >= 15 is 0 Å². The number of fused-ring (bicyclic) bond motifs is 1. The largest absolute Gasteiger partial charge is 0.416 e. The van der Waals surface area contributed by atoms with Crippen molar-refractivity contribution in [2.45, 2.75) is 31.6 Å². The number of benzene rings is 2. The third-order valence-electron chi connectivity index (χ3n) is 5.29. The van der Waals surface area contributed by atoms with Gasteiger partial charge in [-0.25, -0.2) is 9.37 Å². The molecular weight excluding hydrogens is 400 g/mol. The number of hydrogen-bond acceptors (Lipinski definition) is 4. The molecule has 158 valence electrons. The van der Waals surface area contributed by atoms with Crippen molar-refractivity contribution in [2.75, 3.05) is 18.0 Å². The second kappa shape index (κ2) is 7.71. The second-order valence-electron chi connectivity index (χ2n) is 7.47. The summed E-state index contributed by atoms with van der Waals surface area (Å²) in [7, 11) is 0. The van der Waals surface area contributed by atoms with Gasteiger partial charge in [-0.15, -0.1) is 0 Å². The summed E-state index contributed by atoms with van der Waals surface area (Å²) in [6.07, 6.45) is -2.97. The lowest BCUT2D eigenvalue weighted by atomic mass is 10.1. The standard InChI is InChI=1S/C21H20F4N4O/c22-14-7-8-18-16(10-14)19(30)29(20(27-18)28-9-3-5-15(26)12-28)11-13-4-1-2-6-17(13)21(23,24)25/h1-2,4,6-8,10,15H,3,5,9,11-12,26H2/t15-/m1/s1. The first kappa shape index (κ1) is 20.3. The number of aromatic nitrogens is 2. The first-order chi connectivity index (χ1) is 14.2. The quantitative estimate of drug-likeness (QED) is 0.659. The van der Waals surface area contributed by atoms with Crippen LogP contribution in [-0.2, 0) is 12.7 Å². The molecule has 9 heteroatoms. The molecule has 2 aromatic carbocycles. The fourth-order valence-electron chi connectivity index (χ4n) is 3.86. The Bertz CT molecular complexity index is 1140. The van der Waals surface area contributed by atoms with E-state index in [1.54, 1.807) is 0 Å². The van der Waals surface area contributed by atoms with Crippen molar-refractivity contribution in [1.29, 1.82) is 0 Å². The highest BCUT2D eigenvalue weighted by atomic mass is 19.4. The molecule has 0 bridgehead atoms. The molecule has 1 aromatic heterocycles. The monoisotopic (exact) mass is 420 g/mol. The Morgan fingerprint density at radius 2 is 1.93 bits per heavy atom. The van der Waals surface area contributed by atoms with Crippen LogP contribution in [0, 0.1) is 5.82 Å². The van der Waals surface area contributed by atoms with Crippen molar-refractivity contribution < 1.29 is 17.6 Å². The number of nitrogens with zero attached hydrogens (tertiary/aromatic N) is 3. The normalized spacial score (nSPS) is 17.5. The molecule has 1 atom stereocenters. The molecule has 3 aromatic rings. The average molecular weight is 420 g/mol. The molecule has 0 aliphatic carbocycles. The van der Waals surface area contributed by atoms with Crippen molar-refractivity contribution in [2.24, 2.45) is 5.73 Å². The highest BCUT2D eigenvalue weighted by molar-refractivity contribution is 5.79. The Hall–Kier alpha value is -2.94. The van der Waals surface area contributed by atoms with E-state index in [0.29, 0.717) is 13.1 Å². The molecule has 4 rings (SSSR count). The number of nitrogens with two attached hydrogens (primary N) is 1. The van der Waals surface area contributed by atoms with Gasteiger partial charge in [0, 0.05) is 19.1 Å². The van der Waals surface area contributed by atoms with Crippen LogP contribution in [0.3, 0.4) is 0 Å². The summed E-state index contributed by atoms with van der Waals surface area (Å²) in [5.41, 5.74) is 4.87. The van der Waals surface area contributed by atoms with E-state index < -0.39 is 23.1 Å². The van der Waals surface area contributed by atoms with Crippen LogP contribution in [0.4, 0.5) is 23.5 Å². The van der Waals surface area contributed by atoms with E-state index in [1.165, 1.54) is 34.9 Å². The number of halogens is 4. The zero-order chi connectivity index (χ0) is 21.5. The van der Waals surface area contributed by atoms with E-state index in [1.807, 2.05) is 4.90 Å². The molecule has 2 heterocycles. The number of piperidine rings is 1. The van der Waals surface area contributed by atoms with Gasteiger partial charge in [0.2, 0.25) is 5.95 Å². The van der Waals surface area contributed by atoms with Crippen molar-refractivity contribution in [1.82, 2.24) is 9.55 Å². The van der Waals surface area contributed by atoms with Crippen LogP contribution in [0.15, 0.2) is 47.3 Å². The van der Waals surface area contributed by atoms with Crippen LogP contribution < -0.4 is 16.2 Å². The van der Waals surface area contributed by atoms with Crippen molar-refractivity contribution in [3.05, 3.63) is 69.8 Å². The topological polar surface area (TPSA) is 64.2 Å². The average Bonchev–Trinajstić information content (AvgIpc) is 2.70. The van der Waals surface area contributed by atoms with Crippen LogP contribution in [-0.4, -0.2) is 28.7 Å². The Labute approximate surface area is 169 Å². The number of hydrogen-bond donors (Lipinski definition) is 1. The van der Waals surface area contributed by atoms with Crippen molar-refractivity contribution >= 4 is 16.9 Å². The Morgan fingerprint density at radius 3 is 2.67 bits per heavy atom. The molecule has 2 N–H and O–H groups in total. The van der Waals surface area contributed by atoms with Gasteiger partial charge in [-0.2, -0.15) is 13.2 Å². The third kappa shape index (κ3) is 3.89. The molecule has 1 fully saturated rings. The highest BCUT2D eigenvalue weighted by Crippen LogP contribution is 2.32. The summed E-state index contributed by atoms with van der Waals surface area (Å²) in [5, 5.41) is 0.0181. The molecular formula is C21H20F4N4O. The van der Waals surface area contributed by atoms with Gasteiger partial charge in [0.1, 0.15) is 5.82 Å². The number of rotatable bonds is 3. The van der Waals surface area contributed by atoms with E-state index in [0.717, 1.165) is 25.0 Å². The lowest BCUT2D eigenvalue weighted by Crippen LogP contribution is -2.45. The first-order valence-corrected chi connectivity index (χ1v) is 9.60. The zero-order valence-corrected chi connectivity index (χ0v) is 16.0. The molecule has 0 spiro atoms. The van der Waals surface area contributed by atoms with E-state index in [-0.39, 0.29) is 35.0 Å². The second-order valence-corrected chi connectivity index (χ2v) is 7.47. The molecule has 5 nitrogen and oxygen atoms in total. The smallest absolute Gasteiger partial charge is 0.341 e.